The molecule has 13 N–H and O–H groups in total. The van der Waals surface area contributed by atoms with Crippen LogP contribution in [-0.2, 0) is 52.2 Å². The fourth-order valence-electron chi connectivity index (χ4n) is 6.14. The highest BCUT2D eigenvalue weighted by atomic mass is 31.2. The van der Waals surface area contributed by atoms with Crippen molar-refractivity contribution < 1.29 is 67.1 Å². The Labute approximate surface area is 349 Å². The summed E-state index contributed by atoms with van der Waals surface area (Å²) in [7, 11) is -5.19. The molecule has 1 saturated heterocycles. The van der Waals surface area contributed by atoms with E-state index in [1.807, 2.05) is 0 Å². The molecule has 0 unspecified atom stereocenters. The topological polar surface area (TPSA) is 368 Å². The van der Waals surface area contributed by atoms with Gasteiger partial charge in [0.25, 0.3) is 0 Å². The number of aliphatic carboxylic acids is 1. The van der Waals surface area contributed by atoms with E-state index in [1.165, 1.54) is 6.92 Å². The monoisotopic (exact) mass is 877 g/mol. The summed E-state index contributed by atoms with van der Waals surface area (Å²) >= 11 is 0. The Morgan fingerprint density at radius 2 is 1.38 bits per heavy atom. The molecule has 0 saturated carbocycles. The number of likely N-dealkylation sites (tertiary alicyclic amines) is 1. The second kappa shape index (κ2) is 26.6. The van der Waals surface area contributed by atoms with Gasteiger partial charge >= 0.3 is 13.8 Å². The normalized spacial score (nSPS) is 17.1. The number of nitrogens with two attached hydrogens (primary N) is 2. The fraction of sp³-hybridized carbons (Fsp3) is 0.750. The van der Waals surface area contributed by atoms with Crippen LogP contribution < -0.4 is 43.4 Å². The molecule has 0 radical (unpaired) electrons. The lowest BCUT2D eigenvalue weighted by atomic mass is 10.0. The third-order valence-corrected chi connectivity index (χ3v) is 9.63. The second-order valence-electron chi connectivity index (χ2n) is 15.5. The summed E-state index contributed by atoms with van der Waals surface area (Å²) in [6.07, 6.45) is 1.81. The minimum atomic E-state index is -5.19. The number of phosphoric ester groups is 1. The molecule has 0 aromatic carbocycles. The van der Waals surface area contributed by atoms with Gasteiger partial charge in [0.05, 0.1) is 25.2 Å². The smallest absolute Gasteiger partial charge is 0.469 e. The van der Waals surface area contributed by atoms with Crippen LogP contribution in [0.3, 0.4) is 0 Å². The molecule has 0 aromatic rings. The number of aldehydes is 1. The van der Waals surface area contributed by atoms with Gasteiger partial charge in [-0.2, -0.15) is 0 Å². The Bertz CT molecular complexity index is 1540. The molecule has 1 rings (SSSR count). The van der Waals surface area contributed by atoms with Gasteiger partial charge in [0, 0.05) is 13.0 Å². The summed E-state index contributed by atoms with van der Waals surface area (Å²) in [6, 6.07) is -8.45. The zero-order valence-electron chi connectivity index (χ0n) is 34.8. The molecule has 0 spiro atoms. The first kappa shape index (κ1) is 53.5. The lowest BCUT2D eigenvalue weighted by molar-refractivity contribution is -0.143. The minimum Gasteiger partial charge on any atom is -0.481 e. The average Bonchev–Trinajstić information content (AvgIpc) is 3.66. The van der Waals surface area contributed by atoms with Gasteiger partial charge in [-0.15, -0.1) is 0 Å². The molecule has 23 nitrogen and oxygen atoms in total. The highest BCUT2D eigenvalue weighted by Crippen LogP contribution is 2.36. The van der Waals surface area contributed by atoms with Crippen LogP contribution in [0.1, 0.15) is 92.4 Å². The number of nitrogens with zero attached hydrogens (tertiary/aromatic N) is 1. The van der Waals surface area contributed by atoms with Gasteiger partial charge in [0.1, 0.15) is 36.5 Å². The number of phosphoric acid groups is 1. The van der Waals surface area contributed by atoms with Crippen molar-refractivity contribution >= 4 is 61.4 Å². The van der Waals surface area contributed by atoms with E-state index >= 15 is 0 Å². The Balaban J connectivity index is 3.18. The Kier molecular flexibility index (Phi) is 23.7. The first-order valence-corrected chi connectivity index (χ1v) is 21.4. The zero-order valence-corrected chi connectivity index (χ0v) is 35.7. The van der Waals surface area contributed by atoms with Crippen LogP contribution >= 0.6 is 7.82 Å². The van der Waals surface area contributed by atoms with Gasteiger partial charge < -0.3 is 68.0 Å². The highest BCUT2D eigenvalue weighted by Gasteiger charge is 2.40. The predicted molar refractivity (Wildman–Crippen MR) is 214 cm³/mol. The number of carboxylic acids is 1. The molecule has 0 aliphatic carbocycles. The van der Waals surface area contributed by atoms with Gasteiger partial charge in [0.15, 0.2) is 0 Å². The average molecular weight is 878 g/mol. The van der Waals surface area contributed by atoms with Crippen LogP contribution in [0.15, 0.2) is 0 Å². The number of carbonyl (C=O) groups excluding carboxylic acids is 8. The maximum atomic E-state index is 13.9. The van der Waals surface area contributed by atoms with Crippen LogP contribution in [0.2, 0.25) is 0 Å². The van der Waals surface area contributed by atoms with E-state index in [2.05, 4.69) is 36.4 Å². The van der Waals surface area contributed by atoms with Gasteiger partial charge in [-0.05, 0) is 76.7 Å². The summed E-state index contributed by atoms with van der Waals surface area (Å²) in [5.74, 6) is -7.08. The van der Waals surface area contributed by atoms with E-state index in [0.717, 1.165) is 4.90 Å². The zero-order chi connectivity index (χ0) is 45.7. The quantitative estimate of drug-likeness (QED) is 0.0216. The summed E-state index contributed by atoms with van der Waals surface area (Å²) in [5, 5.41) is 23.7. The Morgan fingerprint density at radius 1 is 0.800 bits per heavy atom. The molecular weight excluding hydrogens is 813 g/mol. The van der Waals surface area contributed by atoms with Crippen LogP contribution in [-0.4, -0.2) is 142 Å². The molecule has 24 heteroatoms. The maximum absolute atomic E-state index is 13.9. The molecule has 0 bridgehead atoms. The lowest BCUT2D eigenvalue weighted by Gasteiger charge is -2.30. The summed E-state index contributed by atoms with van der Waals surface area (Å²) in [4.78, 5) is 135. The molecular formula is C36H64N9O14P. The molecule has 7 amide bonds. The molecule has 0 aromatic heterocycles. The maximum Gasteiger partial charge on any atom is 0.469 e. The largest absolute Gasteiger partial charge is 0.481 e. The van der Waals surface area contributed by atoms with Crippen molar-refractivity contribution in [2.45, 2.75) is 135 Å². The summed E-state index contributed by atoms with van der Waals surface area (Å²) in [6.45, 7) is 7.08. The number of carboxylic acid groups (broad SMARTS) is 1. The summed E-state index contributed by atoms with van der Waals surface area (Å²) in [5.41, 5.74) is 11.4. The van der Waals surface area contributed by atoms with Crippen LogP contribution in [0.25, 0.3) is 0 Å². The molecule has 1 aliphatic heterocycles. The number of rotatable bonds is 28. The number of hydrogen-bond donors (Lipinski definition) is 11. The standard InChI is InChI=1S/C36H64N9O14P/c1-20(2)15-25(43-31(50)23(38)11-12-30(48)49)32(51)39-17-29(47)41-27(19-59-60(56,57)58)36(55)45-14-8-10-28(45)35(54)44-26(16-21(3)4)34(53)42-24(9-6-7-13-37)33(52)40-22(5)18-46/h18,20-28H,6-17,19,37-38H2,1-5H3,(H,39,51)(H,40,52)(H,41,47)(H,42,53)(H,43,50)(H,44,54)(H,48,49)(H2,56,57,58)/t22-,23-,24-,25-,26-,27-,28-/m0/s1. The van der Waals surface area contributed by atoms with E-state index in [9.17, 15) is 57.5 Å². The van der Waals surface area contributed by atoms with Crippen molar-refractivity contribution in [1.82, 2.24) is 36.8 Å². The molecule has 60 heavy (non-hydrogen) atoms. The van der Waals surface area contributed by atoms with Crippen molar-refractivity contribution in [2.75, 3.05) is 26.2 Å². The van der Waals surface area contributed by atoms with E-state index in [-0.39, 0.29) is 56.9 Å². The number of carbonyl (C=O) groups is 9. The van der Waals surface area contributed by atoms with Gasteiger partial charge in [-0.1, -0.05) is 27.7 Å². The van der Waals surface area contributed by atoms with E-state index < -0.39 is 111 Å². The third-order valence-electron chi connectivity index (χ3n) is 9.14. The van der Waals surface area contributed by atoms with Crippen LogP contribution in [0.4, 0.5) is 0 Å². The molecule has 7 atom stereocenters. The van der Waals surface area contributed by atoms with Crippen molar-refractivity contribution in [3.63, 3.8) is 0 Å². The van der Waals surface area contributed by atoms with Gasteiger partial charge in [0.2, 0.25) is 41.4 Å². The second-order valence-corrected chi connectivity index (χ2v) is 16.8. The predicted octanol–water partition coefficient (Wildman–Crippen LogP) is -2.74. The number of amides is 7. The Morgan fingerprint density at radius 3 is 1.93 bits per heavy atom. The first-order valence-electron chi connectivity index (χ1n) is 19.9. The van der Waals surface area contributed by atoms with Gasteiger partial charge in [-0.25, -0.2) is 4.57 Å². The van der Waals surface area contributed by atoms with Crippen molar-refractivity contribution in [2.24, 2.45) is 23.3 Å². The number of unbranched alkanes of at least 4 members (excludes halogenated alkanes) is 1. The SMILES string of the molecule is CC(C)C[C@H](NC(=O)[C@@H](N)CCC(=O)O)C(=O)NCC(=O)N[C@@H](COP(=O)(O)O)C(=O)N1CCC[C@H]1C(=O)N[C@@H](CC(C)C)C(=O)N[C@@H](CCCCN)C(=O)N[C@@H](C)C=O. The van der Waals surface area contributed by atoms with E-state index in [1.54, 1.807) is 27.7 Å². The highest BCUT2D eigenvalue weighted by molar-refractivity contribution is 7.46. The first-order chi connectivity index (χ1) is 28.0. The van der Waals surface area contributed by atoms with Crippen molar-refractivity contribution in [3.8, 4) is 0 Å². The van der Waals surface area contributed by atoms with Crippen LogP contribution in [0, 0.1) is 11.8 Å². The summed E-state index contributed by atoms with van der Waals surface area (Å²) < 4.78 is 16.2. The minimum absolute atomic E-state index is 0.0273. The molecule has 1 aliphatic rings. The lowest BCUT2D eigenvalue weighted by Crippen LogP contribution is -2.59. The molecule has 1 heterocycles. The fourth-order valence-corrected chi connectivity index (χ4v) is 6.48. The van der Waals surface area contributed by atoms with Crippen molar-refractivity contribution in [3.05, 3.63) is 0 Å². The number of hydrogen-bond acceptors (Lipinski definition) is 13. The van der Waals surface area contributed by atoms with Crippen LogP contribution in [0.5, 0.6) is 0 Å². The van der Waals surface area contributed by atoms with Crippen molar-refractivity contribution in [1.29, 1.82) is 0 Å². The third kappa shape index (κ3) is 20.6. The van der Waals surface area contributed by atoms with E-state index in [4.69, 9.17) is 16.6 Å². The number of nitrogens with one attached hydrogen (secondary N) is 6. The van der Waals surface area contributed by atoms with Gasteiger partial charge in [-0.3, -0.25) is 42.9 Å². The molecule has 342 valence electrons. The Hall–Kier alpha value is -4.54. The molecule has 1 fully saturated rings. The van der Waals surface area contributed by atoms with E-state index in [0.29, 0.717) is 32.1 Å².